The maximum Gasteiger partial charge on any atom is 0.335 e. The van der Waals surface area contributed by atoms with Gasteiger partial charge in [0.15, 0.2) is 11.6 Å². The van der Waals surface area contributed by atoms with Crippen LogP contribution in [0.1, 0.15) is 44.8 Å². The zero-order chi connectivity index (χ0) is 29.4. The van der Waals surface area contributed by atoms with Crippen molar-refractivity contribution in [3.63, 3.8) is 0 Å². The standard InChI is InChI=1S/C35H26F2N2O3/c1-21(25-11-10-23-4-2-3-5-26(23)16-25)39-15-14-28-17-29(27-12-13-31(36)32(37)19-27)18-30(33(28)39)34(40)38-20-22-6-8-24(9-7-22)35(41)42/h2-19,21H,20H2,1H3,(H,38,40)(H,41,42)/t21-/m0/s1. The molecule has 7 heteroatoms. The van der Waals surface area contributed by atoms with Gasteiger partial charge in [-0.05, 0) is 88.5 Å². The van der Waals surface area contributed by atoms with E-state index in [0.29, 0.717) is 22.2 Å². The summed E-state index contributed by atoms with van der Waals surface area (Å²) in [6.45, 7) is 2.25. The minimum atomic E-state index is -1.02. The molecule has 0 aliphatic rings. The summed E-state index contributed by atoms with van der Waals surface area (Å²) >= 11 is 0. The number of carboxylic acids is 1. The van der Waals surface area contributed by atoms with Gasteiger partial charge in [-0.2, -0.15) is 0 Å². The highest BCUT2D eigenvalue weighted by atomic mass is 19.2. The quantitative estimate of drug-likeness (QED) is 0.208. The molecule has 6 rings (SSSR count). The lowest BCUT2D eigenvalue weighted by atomic mass is 9.98. The molecule has 2 N–H and O–H groups in total. The molecule has 1 aromatic heterocycles. The SMILES string of the molecule is C[C@@H](c1ccc2ccccc2c1)n1ccc2cc(-c3ccc(F)c(F)c3)cc(C(=O)NCc3ccc(C(=O)O)cc3)c21. The van der Waals surface area contributed by atoms with Gasteiger partial charge in [-0.15, -0.1) is 0 Å². The molecular formula is C35H26F2N2O3. The van der Waals surface area contributed by atoms with Crippen LogP contribution in [0.5, 0.6) is 0 Å². The van der Waals surface area contributed by atoms with Crippen LogP contribution in [-0.2, 0) is 6.54 Å². The van der Waals surface area contributed by atoms with Crippen molar-refractivity contribution in [1.29, 1.82) is 0 Å². The summed E-state index contributed by atoms with van der Waals surface area (Å²) < 4.78 is 29.9. The molecule has 0 fully saturated rings. The average molecular weight is 561 g/mol. The van der Waals surface area contributed by atoms with Crippen molar-refractivity contribution < 1.29 is 23.5 Å². The summed E-state index contributed by atoms with van der Waals surface area (Å²) in [6.07, 6.45) is 1.93. The average Bonchev–Trinajstić information content (AvgIpc) is 3.44. The maximum atomic E-state index is 14.1. The van der Waals surface area contributed by atoms with Crippen LogP contribution in [0, 0.1) is 11.6 Å². The normalized spacial score (nSPS) is 12.0. The Morgan fingerprint density at radius 3 is 2.29 bits per heavy atom. The Morgan fingerprint density at radius 1 is 0.786 bits per heavy atom. The third kappa shape index (κ3) is 5.12. The number of amides is 1. The largest absolute Gasteiger partial charge is 0.478 e. The van der Waals surface area contributed by atoms with Crippen molar-refractivity contribution in [2.24, 2.45) is 0 Å². The molecule has 0 radical (unpaired) electrons. The molecule has 0 aliphatic carbocycles. The first-order chi connectivity index (χ1) is 20.3. The first-order valence-electron chi connectivity index (χ1n) is 13.5. The van der Waals surface area contributed by atoms with Crippen LogP contribution in [0.2, 0.25) is 0 Å². The van der Waals surface area contributed by atoms with E-state index < -0.39 is 17.6 Å². The monoisotopic (exact) mass is 560 g/mol. The van der Waals surface area contributed by atoms with E-state index in [2.05, 4.69) is 42.6 Å². The Kier molecular flexibility index (Phi) is 7.00. The lowest BCUT2D eigenvalue weighted by Crippen LogP contribution is -2.24. The summed E-state index contributed by atoms with van der Waals surface area (Å²) in [5.74, 6) is -3.28. The Bertz CT molecular complexity index is 1980. The number of carbonyl (C=O) groups is 2. The van der Waals surface area contributed by atoms with Crippen LogP contribution in [0.3, 0.4) is 0 Å². The molecule has 0 aliphatic heterocycles. The van der Waals surface area contributed by atoms with Crippen LogP contribution in [0.15, 0.2) is 109 Å². The molecule has 5 nitrogen and oxygen atoms in total. The van der Waals surface area contributed by atoms with Crippen molar-refractivity contribution in [3.05, 3.63) is 143 Å². The Morgan fingerprint density at radius 2 is 1.55 bits per heavy atom. The molecule has 5 aromatic carbocycles. The molecular weight excluding hydrogens is 534 g/mol. The molecule has 0 saturated heterocycles. The molecule has 0 spiro atoms. The van der Waals surface area contributed by atoms with Gasteiger partial charge in [0.2, 0.25) is 0 Å². The van der Waals surface area contributed by atoms with E-state index in [1.807, 2.05) is 35.0 Å². The second-order valence-corrected chi connectivity index (χ2v) is 10.3. The number of nitrogens with zero attached hydrogens (tertiary/aromatic N) is 1. The minimum Gasteiger partial charge on any atom is -0.478 e. The number of fused-ring (bicyclic) bond motifs is 2. The summed E-state index contributed by atoms with van der Waals surface area (Å²) in [5.41, 5.74) is 4.08. The summed E-state index contributed by atoms with van der Waals surface area (Å²) in [5, 5.41) is 15.1. The third-order valence-electron chi connectivity index (χ3n) is 7.64. The Labute approximate surface area is 240 Å². The topological polar surface area (TPSA) is 71.3 Å². The first-order valence-corrected chi connectivity index (χ1v) is 13.5. The van der Waals surface area contributed by atoms with Crippen molar-refractivity contribution in [2.75, 3.05) is 0 Å². The summed E-state index contributed by atoms with van der Waals surface area (Å²) in [7, 11) is 0. The highest BCUT2D eigenvalue weighted by Gasteiger charge is 2.20. The minimum absolute atomic E-state index is 0.115. The summed E-state index contributed by atoms with van der Waals surface area (Å²) in [6, 6.07) is 29.8. The fourth-order valence-corrected chi connectivity index (χ4v) is 5.32. The van der Waals surface area contributed by atoms with Gasteiger partial charge in [0.1, 0.15) is 0 Å². The van der Waals surface area contributed by atoms with E-state index in [1.165, 1.54) is 18.2 Å². The predicted octanol–water partition coefficient (Wildman–Crippen LogP) is 7.98. The third-order valence-corrected chi connectivity index (χ3v) is 7.64. The number of benzene rings is 5. The lowest BCUT2D eigenvalue weighted by molar-refractivity contribution is 0.0696. The molecule has 208 valence electrons. The number of rotatable bonds is 7. The van der Waals surface area contributed by atoms with Crippen molar-refractivity contribution in [1.82, 2.24) is 9.88 Å². The molecule has 1 heterocycles. The van der Waals surface area contributed by atoms with Crippen LogP contribution >= 0.6 is 0 Å². The Hall–Kier alpha value is -5.30. The van der Waals surface area contributed by atoms with Gasteiger partial charge >= 0.3 is 5.97 Å². The van der Waals surface area contributed by atoms with Crippen molar-refractivity contribution in [2.45, 2.75) is 19.5 Å². The van der Waals surface area contributed by atoms with Crippen molar-refractivity contribution >= 4 is 33.6 Å². The fourth-order valence-electron chi connectivity index (χ4n) is 5.32. The number of hydrogen-bond acceptors (Lipinski definition) is 2. The van der Waals surface area contributed by atoms with E-state index in [1.54, 1.807) is 18.2 Å². The van der Waals surface area contributed by atoms with E-state index in [4.69, 9.17) is 5.11 Å². The van der Waals surface area contributed by atoms with E-state index in [-0.39, 0.29) is 24.1 Å². The zero-order valence-corrected chi connectivity index (χ0v) is 22.6. The zero-order valence-electron chi connectivity index (χ0n) is 22.6. The van der Waals surface area contributed by atoms with Gasteiger partial charge < -0.3 is 15.0 Å². The number of nitrogens with one attached hydrogen (secondary N) is 1. The highest BCUT2D eigenvalue weighted by Crippen LogP contribution is 2.33. The molecule has 1 amide bonds. The smallest absolute Gasteiger partial charge is 0.335 e. The molecule has 6 aromatic rings. The number of hydrogen-bond donors (Lipinski definition) is 2. The number of carboxylic acid groups (broad SMARTS) is 1. The highest BCUT2D eigenvalue weighted by molar-refractivity contribution is 6.08. The van der Waals surface area contributed by atoms with Gasteiger partial charge in [-0.25, -0.2) is 13.6 Å². The van der Waals surface area contributed by atoms with E-state index in [9.17, 15) is 18.4 Å². The van der Waals surface area contributed by atoms with Gasteiger partial charge in [0.05, 0.1) is 22.7 Å². The van der Waals surface area contributed by atoms with Gasteiger partial charge in [-0.1, -0.05) is 54.6 Å². The molecule has 0 unspecified atom stereocenters. The maximum absolute atomic E-state index is 14.1. The van der Waals surface area contributed by atoms with Crippen molar-refractivity contribution in [3.8, 4) is 11.1 Å². The molecule has 1 atom stereocenters. The number of halogens is 2. The second-order valence-electron chi connectivity index (χ2n) is 10.3. The van der Waals surface area contributed by atoms with E-state index in [0.717, 1.165) is 39.4 Å². The number of aromatic carboxylic acids is 1. The number of aromatic nitrogens is 1. The molecule has 42 heavy (non-hydrogen) atoms. The first kappa shape index (κ1) is 26.9. The van der Waals surface area contributed by atoms with Gasteiger partial charge in [0, 0.05) is 18.1 Å². The fraction of sp³-hybridized carbons (Fsp3) is 0.0857. The van der Waals surface area contributed by atoms with Crippen LogP contribution < -0.4 is 5.32 Å². The molecule has 0 bridgehead atoms. The van der Waals surface area contributed by atoms with Crippen LogP contribution in [0.25, 0.3) is 32.8 Å². The van der Waals surface area contributed by atoms with Gasteiger partial charge in [-0.3, -0.25) is 4.79 Å². The molecule has 0 saturated carbocycles. The van der Waals surface area contributed by atoms with Gasteiger partial charge in [0.25, 0.3) is 5.91 Å². The second kappa shape index (κ2) is 10.9. The Balaban J connectivity index is 1.42. The van der Waals surface area contributed by atoms with E-state index >= 15 is 0 Å². The lowest BCUT2D eigenvalue weighted by Gasteiger charge is -2.19. The number of carbonyl (C=O) groups excluding carboxylic acids is 1. The summed E-state index contributed by atoms with van der Waals surface area (Å²) in [4.78, 5) is 24.9. The predicted molar refractivity (Wildman–Crippen MR) is 160 cm³/mol. The van der Waals surface area contributed by atoms with Crippen LogP contribution in [0.4, 0.5) is 8.78 Å². The van der Waals surface area contributed by atoms with Crippen LogP contribution in [-0.4, -0.2) is 21.6 Å².